The standard InChI is InChI=1S/C23H25N3O3S/c1-17-12-13-19(23(27)25-20-9-5-4-6-10-20)15-22(17)24-16-18-8-7-11-21(14-18)30(28,29)26(2)3/h4-15,24H,16H2,1-3H3,(H,25,27). The second-order valence-corrected chi connectivity index (χ2v) is 9.29. The molecular weight excluding hydrogens is 398 g/mol. The largest absolute Gasteiger partial charge is 0.381 e. The molecule has 0 heterocycles. The smallest absolute Gasteiger partial charge is 0.255 e. The third-order valence-corrected chi connectivity index (χ3v) is 6.50. The first-order valence-corrected chi connectivity index (χ1v) is 10.9. The minimum absolute atomic E-state index is 0.191. The molecule has 0 fully saturated rings. The van der Waals surface area contributed by atoms with E-state index in [-0.39, 0.29) is 10.8 Å². The Balaban J connectivity index is 1.75. The number of amides is 1. The monoisotopic (exact) mass is 423 g/mol. The molecular formula is C23H25N3O3S. The van der Waals surface area contributed by atoms with Crippen LogP contribution in [-0.4, -0.2) is 32.7 Å². The topological polar surface area (TPSA) is 78.5 Å². The Kier molecular flexibility index (Phi) is 6.54. The molecule has 0 radical (unpaired) electrons. The number of aryl methyl sites for hydroxylation is 1. The second-order valence-electron chi connectivity index (χ2n) is 7.14. The maximum Gasteiger partial charge on any atom is 0.255 e. The molecule has 0 bridgehead atoms. The third kappa shape index (κ3) is 5.06. The number of rotatable bonds is 7. The van der Waals surface area contributed by atoms with Gasteiger partial charge in [0, 0.05) is 37.6 Å². The van der Waals surface area contributed by atoms with Gasteiger partial charge >= 0.3 is 0 Å². The lowest BCUT2D eigenvalue weighted by molar-refractivity contribution is 0.102. The van der Waals surface area contributed by atoms with Crippen molar-refractivity contribution in [1.82, 2.24) is 4.31 Å². The van der Waals surface area contributed by atoms with Gasteiger partial charge in [-0.1, -0.05) is 36.4 Å². The fourth-order valence-electron chi connectivity index (χ4n) is 2.90. The quantitative estimate of drug-likeness (QED) is 0.599. The van der Waals surface area contributed by atoms with Gasteiger partial charge in [0.25, 0.3) is 5.91 Å². The van der Waals surface area contributed by atoms with Gasteiger partial charge in [0.15, 0.2) is 0 Å². The number of para-hydroxylation sites is 1. The Morgan fingerprint density at radius 2 is 1.67 bits per heavy atom. The summed E-state index contributed by atoms with van der Waals surface area (Å²) in [5.74, 6) is -0.191. The zero-order chi connectivity index (χ0) is 21.7. The normalized spacial score (nSPS) is 11.3. The van der Waals surface area contributed by atoms with Crippen LogP contribution in [0.5, 0.6) is 0 Å². The van der Waals surface area contributed by atoms with Crippen LogP contribution in [0.1, 0.15) is 21.5 Å². The van der Waals surface area contributed by atoms with Crippen LogP contribution in [0, 0.1) is 6.92 Å². The Labute approximate surface area is 177 Å². The molecule has 3 aromatic carbocycles. The number of carbonyl (C=O) groups excluding carboxylic acids is 1. The molecule has 3 rings (SSSR count). The first kappa shape index (κ1) is 21.5. The molecule has 0 aromatic heterocycles. The van der Waals surface area contributed by atoms with Crippen molar-refractivity contribution in [2.24, 2.45) is 0 Å². The lowest BCUT2D eigenvalue weighted by Gasteiger charge is -2.14. The summed E-state index contributed by atoms with van der Waals surface area (Å²) in [5, 5.41) is 6.18. The van der Waals surface area contributed by atoms with Gasteiger partial charge < -0.3 is 10.6 Å². The summed E-state index contributed by atoms with van der Waals surface area (Å²) in [5.41, 5.74) is 3.91. The summed E-state index contributed by atoms with van der Waals surface area (Å²) in [6.45, 7) is 2.38. The third-order valence-electron chi connectivity index (χ3n) is 4.69. The molecule has 0 saturated carbocycles. The molecule has 0 spiro atoms. The molecule has 156 valence electrons. The number of hydrogen-bond acceptors (Lipinski definition) is 4. The van der Waals surface area contributed by atoms with Crippen LogP contribution in [0.3, 0.4) is 0 Å². The lowest BCUT2D eigenvalue weighted by atomic mass is 10.1. The van der Waals surface area contributed by atoms with Crippen molar-refractivity contribution in [1.29, 1.82) is 0 Å². The van der Waals surface area contributed by atoms with Crippen LogP contribution in [-0.2, 0) is 16.6 Å². The average Bonchev–Trinajstić information content (AvgIpc) is 2.74. The van der Waals surface area contributed by atoms with Gasteiger partial charge in [-0.15, -0.1) is 0 Å². The molecule has 0 saturated heterocycles. The van der Waals surface area contributed by atoms with Crippen molar-refractivity contribution >= 4 is 27.3 Å². The van der Waals surface area contributed by atoms with E-state index in [9.17, 15) is 13.2 Å². The number of nitrogens with zero attached hydrogens (tertiary/aromatic N) is 1. The van der Waals surface area contributed by atoms with E-state index in [1.54, 1.807) is 30.3 Å². The number of hydrogen-bond donors (Lipinski definition) is 2. The van der Waals surface area contributed by atoms with E-state index in [1.807, 2.05) is 49.4 Å². The van der Waals surface area contributed by atoms with E-state index in [2.05, 4.69) is 10.6 Å². The first-order valence-electron chi connectivity index (χ1n) is 9.50. The van der Waals surface area contributed by atoms with E-state index < -0.39 is 10.0 Å². The summed E-state index contributed by atoms with van der Waals surface area (Å²) >= 11 is 0. The number of carbonyl (C=O) groups is 1. The Morgan fingerprint density at radius 1 is 0.933 bits per heavy atom. The van der Waals surface area contributed by atoms with Crippen molar-refractivity contribution in [3.63, 3.8) is 0 Å². The molecule has 30 heavy (non-hydrogen) atoms. The van der Waals surface area contributed by atoms with Gasteiger partial charge in [-0.05, 0) is 54.4 Å². The van der Waals surface area contributed by atoms with Gasteiger partial charge in [-0.2, -0.15) is 0 Å². The molecule has 0 unspecified atom stereocenters. The van der Waals surface area contributed by atoms with E-state index in [4.69, 9.17) is 0 Å². The zero-order valence-electron chi connectivity index (χ0n) is 17.2. The average molecular weight is 424 g/mol. The summed E-state index contributed by atoms with van der Waals surface area (Å²) in [4.78, 5) is 12.8. The fourth-order valence-corrected chi connectivity index (χ4v) is 3.87. The van der Waals surface area contributed by atoms with E-state index in [1.165, 1.54) is 18.4 Å². The van der Waals surface area contributed by atoms with Crippen LogP contribution in [0.4, 0.5) is 11.4 Å². The van der Waals surface area contributed by atoms with Gasteiger partial charge in [0.2, 0.25) is 10.0 Å². The maximum absolute atomic E-state index is 12.6. The van der Waals surface area contributed by atoms with Crippen LogP contribution in [0.2, 0.25) is 0 Å². The highest BCUT2D eigenvalue weighted by molar-refractivity contribution is 7.89. The van der Waals surface area contributed by atoms with Crippen molar-refractivity contribution in [3.05, 3.63) is 89.5 Å². The van der Waals surface area contributed by atoms with Crippen LogP contribution >= 0.6 is 0 Å². The number of sulfonamides is 1. The molecule has 6 nitrogen and oxygen atoms in total. The lowest BCUT2D eigenvalue weighted by Crippen LogP contribution is -2.22. The Morgan fingerprint density at radius 3 is 2.37 bits per heavy atom. The van der Waals surface area contributed by atoms with Gasteiger partial charge in [0.1, 0.15) is 0 Å². The molecule has 7 heteroatoms. The minimum atomic E-state index is -3.49. The number of benzene rings is 3. The van der Waals surface area contributed by atoms with Crippen molar-refractivity contribution in [2.75, 3.05) is 24.7 Å². The number of anilines is 2. The minimum Gasteiger partial charge on any atom is -0.381 e. The van der Waals surface area contributed by atoms with Gasteiger partial charge in [0.05, 0.1) is 4.90 Å². The molecule has 0 atom stereocenters. The van der Waals surface area contributed by atoms with Crippen LogP contribution < -0.4 is 10.6 Å². The van der Waals surface area contributed by atoms with E-state index >= 15 is 0 Å². The van der Waals surface area contributed by atoms with Gasteiger partial charge in [-0.25, -0.2) is 12.7 Å². The van der Waals surface area contributed by atoms with Gasteiger partial charge in [-0.3, -0.25) is 4.79 Å². The van der Waals surface area contributed by atoms with Crippen LogP contribution in [0.15, 0.2) is 77.7 Å². The summed E-state index contributed by atoms with van der Waals surface area (Å²) < 4.78 is 25.9. The highest BCUT2D eigenvalue weighted by Crippen LogP contribution is 2.20. The summed E-state index contributed by atoms with van der Waals surface area (Å²) in [7, 11) is -0.467. The van der Waals surface area contributed by atoms with E-state index in [0.717, 1.165) is 22.5 Å². The molecule has 2 N–H and O–H groups in total. The summed E-state index contributed by atoms with van der Waals surface area (Å²) in [6, 6.07) is 21.6. The molecule has 0 aliphatic heterocycles. The molecule has 0 aliphatic carbocycles. The van der Waals surface area contributed by atoms with Crippen molar-refractivity contribution < 1.29 is 13.2 Å². The molecule has 0 aliphatic rings. The zero-order valence-corrected chi connectivity index (χ0v) is 18.0. The van der Waals surface area contributed by atoms with E-state index in [0.29, 0.717) is 12.1 Å². The van der Waals surface area contributed by atoms with Crippen LogP contribution in [0.25, 0.3) is 0 Å². The Bertz CT molecular complexity index is 1140. The predicted octanol–water partition coefficient (Wildman–Crippen LogP) is 4.11. The predicted molar refractivity (Wildman–Crippen MR) is 120 cm³/mol. The second kappa shape index (κ2) is 9.11. The first-order chi connectivity index (χ1) is 14.3. The summed E-state index contributed by atoms with van der Waals surface area (Å²) in [6.07, 6.45) is 0. The highest BCUT2D eigenvalue weighted by atomic mass is 32.2. The maximum atomic E-state index is 12.6. The molecule has 3 aromatic rings. The van der Waals surface area contributed by atoms with Crippen molar-refractivity contribution in [2.45, 2.75) is 18.4 Å². The SMILES string of the molecule is Cc1ccc(C(=O)Nc2ccccc2)cc1NCc1cccc(S(=O)(=O)N(C)C)c1. The molecule has 1 amide bonds. The number of nitrogens with one attached hydrogen (secondary N) is 2. The van der Waals surface area contributed by atoms with Crippen molar-refractivity contribution in [3.8, 4) is 0 Å². The highest BCUT2D eigenvalue weighted by Gasteiger charge is 2.17. The fraction of sp³-hybridized carbons (Fsp3) is 0.174. The Hall–Kier alpha value is -3.16.